The molecule has 22 heavy (non-hydrogen) atoms. The highest BCUT2D eigenvalue weighted by molar-refractivity contribution is 5.68. The van der Waals surface area contributed by atoms with Crippen LogP contribution in [0.4, 0.5) is 4.79 Å². The largest absolute Gasteiger partial charge is 0.444 e. The monoisotopic (exact) mass is 304 g/mol. The summed E-state index contributed by atoms with van der Waals surface area (Å²) in [6.07, 6.45) is 10.4. The minimum atomic E-state index is -0.411. The van der Waals surface area contributed by atoms with Gasteiger partial charge in [0, 0.05) is 32.2 Å². The number of nitrogens with zero attached hydrogens (tertiary/aromatic N) is 2. The molecule has 1 saturated heterocycles. The van der Waals surface area contributed by atoms with Crippen LogP contribution in [-0.2, 0) is 4.74 Å². The molecule has 0 aromatic heterocycles. The van der Waals surface area contributed by atoms with Crippen LogP contribution >= 0.6 is 0 Å². The third-order valence-electron chi connectivity index (χ3n) is 4.90. The molecule has 0 aromatic carbocycles. The lowest BCUT2D eigenvalue weighted by atomic mass is 9.93. The number of fused-ring (bicyclic) bond motifs is 1. The van der Waals surface area contributed by atoms with Gasteiger partial charge in [0.15, 0.2) is 0 Å². The van der Waals surface area contributed by atoms with Gasteiger partial charge in [-0.1, -0.05) is 18.2 Å². The minimum Gasteiger partial charge on any atom is -0.444 e. The van der Waals surface area contributed by atoms with Gasteiger partial charge in [-0.3, -0.25) is 4.90 Å². The summed E-state index contributed by atoms with van der Waals surface area (Å²) in [5.41, 5.74) is 1.21. The number of allylic oxidation sites excluding steroid dienone is 3. The van der Waals surface area contributed by atoms with E-state index in [9.17, 15) is 4.79 Å². The van der Waals surface area contributed by atoms with Gasteiger partial charge in [-0.25, -0.2) is 4.79 Å². The second kappa shape index (κ2) is 6.07. The highest BCUT2D eigenvalue weighted by atomic mass is 16.6. The van der Waals surface area contributed by atoms with Crippen LogP contribution in [0.5, 0.6) is 0 Å². The van der Waals surface area contributed by atoms with E-state index in [0.717, 1.165) is 32.1 Å². The third-order valence-corrected chi connectivity index (χ3v) is 4.90. The molecule has 0 spiro atoms. The maximum Gasteiger partial charge on any atom is 0.410 e. The number of piperazine rings is 1. The van der Waals surface area contributed by atoms with Crippen LogP contribution in [-0.4, -0.2) is 53.7 Å². The molecule has 0 bridgehead atoms. The summed E-state index contributed by atoms with van der Waals surface area (Å²) in [5, 5.41) is 0. The number of amides is 1. The summed E-state index contributed by atoms with van der Waals surface area (Å²) < 4.78 is 5.47. The molecule has 2 unspecified atom stereocenters. The van der Waals surface area contributed by atoms with Crippen molar-refractivity contribution in [3.8, 4) is 0 Å². The molecular formula is C18H28N2O2. The standard InChI is InChI=1S/C18H28N2O2/c1-18(2,3)22-17(21)20-12-10-19(11-13-20)16-9-8-14-6-4-5-7-15(14)16/h4-5,7,14,16H,6,8-13H2,1-3H3. The number of rotatable bonds is 1. The van der Waals surface area contributed by atoms with E-state index in [0.29, 0.717) is 6.04 Å². The second-order valence-electron chi connectivity index (χ2n) is 7.62. The quantitative estimate of drug-likeness (QED) is 0.746. The number of carbonyl (C=O) groups is 1. The van der Waals surface area contributed by atoms with Crippen LogP contribution in [0.3, 0.4) is 0 Å². The van der Waals surface area contributed by atoms with Crippen molar-refractivity contribution in [2.24, 2.45) is 5.92 Å². The zero-order chi connectivity index (χ0) is 15.7. The molecule has 122 valence electrons. The summed E-state index contributed by atoms with van der Waals surface area (Å²) in [4.78, 5) is 16.5. The lowest BCUT2D eigenvalue weighted by Crippen LogP contribution is -2.52. The van der Waals surface area contributed by atoms with Crippen molar-refractivity contribution in [3.05, 3.63) is 23.8 Å². The molecule has 1 heterocycles. The lowest BCUT2D eigenvalue weighted by molar-refractivity contribution is 0.0120. The minimum absolute atomic E-state index is 0.170. The molecule has 1 saturated carbocycles. The number of hydrogen-bond acceptors (Lipinski definition) is 3. The molecule has 4 heteroatoms. The molecule has 1 aliphatic heterocycles. The molecule has 4 nitrogen and oxygen atoms in total. The third kappa shape index (κ3) is 3.37. The summed E-state index contributed by atoms with van der Waals surface area (Å²) in [5.74, 6) is 0.763. The zero-order valence-electron chi connectivity index (χ0n) is 14.0. The number of ether oxygens (including phenoxy) is 1. The highest BCUT2D eigenvalue weighted by Gasteiger charge is 2.36. The van der Waals surface area contributed by atoms with Crippen molar-refractivity contribution in [2.75, 3.05) is 26.2 Å². The van der Waals surface area contributed by atoms with Gasteiger partial charge in [0.25, 0.3) is 0 Å². The molecule has 2 fully saturated rings. The van der Waals surface area contributed by atoms with Crippen LogP contribution in [0, 0.1) is 5.92 Å². The number of carbonyl (C=O) groups excluding carboxylic acids is 1. The van der Waals surface area contributed by atoms with Crippen LogP contribution in [0.1, 0.15) is 40.0 Å². The van der Waals surface area contributed by atoms with Gasteiger partial charge in [-0.05, 0) is 51.5 Å². The van der Waals surface area contributed by atoms with Crippen molar-refractivity contribution >= 4 is 6.09 Å². The Morgan fingerprint density at radius 1 is 1.18 bits per heavy atom. The maximum atomic E-state index is 12.1. The normalized spacial score (nSPS) is 29.2. The van der Waals surface area contributed by atoms with Gasteiger partial charge in [0.1, 0.15) is 5.60 Å². The number of hydrogen-bond donors (Lipinski definition) is 0. The lowest BCUT2D eigenvalue weighted by Gasteiger charge is -2.39. The van der Waals surface area contributed by atoms with E-state index >= 15 is 0 Å². The van der Waals surface area contributed by atoms with Crippen LogP contribution < -0.4 is 0 Å². The van der Waals surface area contributed by atoms with Crippen molar-refractivity contribution in [1.82, 2.24) is 9.80 Å². The zero-order valence-corrected chi connectivity index (χ0v) is 14.0. The van der Waals surface area contributed by atoms with Gasteiger partial charge >= 0.3 is 6.09 Å². The van der Waals surface area contributed by atoms with Crippen LogP contribution in [0.2, 0.25) is 0 Å². The fraction of sp³-hybridized carbons (Fsp3) is 0.722. The second-order valence-corrected chi connectivity index (χ2v) is 7.62. The molecule has 1 amide bonds. The molecule has 3 aliphatic rings. The smallest absolute Gasteiger partial charge is 0.410 e. The Hall–Kier alpha value is -1.29. The van der Waals surface area contributed by atoms with E-state index in [4.69, 9.17) is 4.74 Å². The predicted molar refractivity (Wildman–Crippen MR) is 87.7 cm³/mol. The van der Waals surface area contributed by atoms with E-state index in [2.05, 4.69) is 23.1 Å². The Kier molecular flexibility index (Phi) is 4.31. The van der Waals surface area contributed by atoms with E-state index in [1.54, 1.807) is 5.57 Å². The molecule has 3 rings (SSSR count). The first kappa shape index (κ1) is 15.6. The molecule has 0 aromatic rings. The summed E-state index contributed by atoms with van der Waals surface area (Å²) in [6.45, 7) is 9.22. The van der Waals surface area contributed by atoms with Crippen molar-refractivity contribution in [2.45, 2.75) is 51.7 Å². The summed E-state index contributed by atoms with van der Waals surface area (Å²) in [6, 6.07) is 0.593. The Morgan fingerprint density at radius 3 is 2.59 bits per heavy atom. The Morgan fingerprint density at radius 2 is 1.91 bits per heavy atom. The SMILES string of the molecule is CC(C)(C)OC(=O)N1CCN(C2CCC3CC=CC=C32)CC1. The fourth-order valence-electron chi connectivity index (χ4n) is 3.82. The molecule has 2 aliphatic carbocycles. The average Bonchev–Trinajstić information content (AvgIpc) is 2.89. The van der Waals surface area contributed by atoms with Crippen molar-refractivity contribution in [1.29, 1.82) is 0 Å². The Labute approximate surface area is 133 Å². The van der Waals surface area contributed by atoms with Gasteiger partial charge in [-0.2, -0.15) is 0 Å². The van der Waals surface area contributed by atoms with Crippen molar-refractivity contribution < 1.29 is 9.53 Å². The maximum absolute atomic E-state index is 12.1. The summed E-state index contributed by atoms with van der Waals surface area (Å²) in [7, 11) is 0. The molecule has 0 radical (unpaired) electrons. The highest BCUT2D eigenvalue weighted by Crippen LogP contribution is 2.39. The summed E-state index contributed by atoms with van der Waals surface area (Å²) >= 11 is 0. The fourth-order valence-corrected chi connectivity index (χ4v) is 3.82. The van der Waals surface area contributed by atoms with Gasteiger partial charge in [0.2, 0.25) is 0 Å². The van der Waals surface area contributed by atoms with Gasteiger partial charge in [0.05, 0.1) is 0 Å². The molecule has 0 N–H and O–H groups in total. The van der Waals surface area contributed by atoms with Crippen LogP contribution in [0.25, 0.3) is 0 Å². The first-order valence-electron chi connectivity index (χ1n) is 8.52. The predicted octanol–water partition coefficient (Wildman–Crippen LogP) is 3.20. The van der Waals surface area contributed by atoms with E-state index in [-0.39, 0.29) is 6.09 Å². The molecular weight excluding hydrogens is 276 g/mol. The topological polar surface area (TPSA) is 32.8 Å². The van der Waals surface area contributed by atoms with E-state index in [1.165, 1.54) is 19.3 Å². The Bertz CT molecular complexity index is 482. The first-order valence-corrected chi connectivity index (χ1v) is 8.52. The average molecular weight is 304 g/mol. The first-order chi connectivity index (χ1) is 10.4. The van der Waals surface area contributed by atoms with Gasteiger partial charge < -0.3 is 9.64 Å². The van der Waals surface area contributed by atoms with Crippen LogP contribution in [0.15, 0.2) is 23.8 Å². The van der Waals surface area contributed by atoms with Gasteiger partial charge in [-0.15, -0.1) is 0 Å². The van der Waals surface area contributed by atoms with Crippen molar-refractivity contribution in [3.63, 3.8) is 0 Å². The van der Waals surface area contributed by atoms with E-state index in [1.807, 2.05) is 25.7 Å². The Balaban J connectivity index is 1.55. The molecule has 2 atom stereocenters. The van der Waals surface area contributed by atoms with E-state index < -0.39 is 5.60 Å².